The van der Waals surface area contributed by atoms with Crippen LogP contribution in [0.1, 0.15) is 17.3 Å². The second-order valence-corrected chi connectivity index (χ2v) is 8.50. The van der Waals surface area contributed by atoms with Crippen LogP contribution in [-0.2, 0) is 29.2 Å². The number of halogens is 6. The van der Waals surface area contributed by atoms with Crippen LogP contribution < -0.4 is 4.74 Å². The fourth-order valence-electron chi connectivity index (χ4n) is 1.75. The first kappa shape index (κ1) is 27.7. The molecule has 1 atom stereocenters. The van der Waals surface area contributed by atoms with Gasteiger partial charge in [-0.2, -0.15) is 30.4 Å². The van der Waals surface area contributed by atoms with E-state index in [9.17, 15) is 44.8 Å². The first-order chi connectivity index (χ1) is 14.4. The number of benzene rings is 1. The third kappa shape index (κ3) is 7.09. The number of alkyl halides is 5. The van der Waals surface area contributed by atoms with Crippen molar-refractivity contribution in [3.8, 4) is 5.75 Å². The molecule has 9 nitrogen and oxygen atoms in total. The van der Waals surface area contributed by atoms with Crippen molar-refractivity contribution < 1.29 is 63.5 Å². The van der Waals surface area contributed by atoms with Gasteiger partial charge in [-0.1, -0.05) is 6.58 Å². The number of rotatable bonds is 8. The van der Waals surface area contributed by atoms with Gasteiger partial charge in [-0.05, 0) is 47.7 Å². The van der Waals surface area contributed by atoms with Gasteiger partial charge in [0.05, 0.1) is 9.13 Å². The molecule has 1 rings (SSSR count). The predicted molar refractivity (Wildman–Crippen MR) is 102 cm³/mol. The van der Waals surface area contributed by atoms with Gasteiger partial charge in [-0.3, -0.25) is 4.55 Å². The first-order valence-electron chi connectivity index (χ1n) is 7.83. The Morgan fingerprint density at radius 3 is 2.19 bits per heavy atom. The minimum Gasteiger partial charge on any atom is -0.450 e. The summed E-state index contributed by atoms with van der Waals surface area (Å²) < 4.78 is 108. The minimum atomic E-state index is -6.59. The SMILES string of the molecule is C=C(C)C(=O)OCC(=O)Oc1ccc(C(=O)OC(C(F)(F)F)C(F)(F)S(=O)(=O)O)cc1I. The second kappa shape index (κ2) is 10.1. The molecule has 0 saturated carbocycles. The molecule has 1 aromatic carbocycles. The summed E-state index contributed by atoms with van der Waals surface area (Å²) in [6.07, 6.45) is -10.6. The van der Waals surface area contributed by atoms with Crippen molar-refractivity contribution in [2.24, 2.45) is 0 Å². The van der Waals surface area contributed by atoms with Crippen LogP contribution in [0.3, 0.4) is 0 Å². The van der Waals surface area contributed by atoms with E-state index in [1.54, 1.807) is 0 Å². The van der Waals surface area contributed by atoms with E-state index in [1.807, 2.05) is 0 Å². The summed E-state index contributed by atoms with van der Waals surface area (Å²) in [5.74, 6) is -4.20. The predicted octanol–water partition coefficient (Wildman–Crippen LogP) is 2.88. The van der Waals surface area contributed by atoms with E-state index in [-0.39, 0.29) is 14.9 Å². The molecule has 0 bridgehead atoms. The van der Waals surface area contributed by atoms with Crippen LogP contribution in [0, 0.1) is 3.57 Å². The summed E-state index contributed by atoms with van der Waals surface area (Å²) in [5, 5.41) is -5.88. The van der Waals surface area contributed by atoms with Crippen molar-refractivity contribution in [2.75, 3.05) is 6.61 Å². The Balaban J connectivity index is 3.02. The average Bonchev–Trinajstić information content (AvgIpc) is 2.63. The van der Waals surface area contributed by atoms with Gasteiger partial charge in [-0.15, -0.1) is 0 Å². The Bertz CT molecular complexity index is 1040. The normalized spacial score (nSPS) is 13.1. The molecular formula is C16H12F5IO9S. The van der Waals surface area contributed by atoms with Gasteiger partial charge in [0.25, 0.3) is 6.10 Å². The molecule has 1 aromatic rings. The zero-order valence-electron chi connectivity index (χ0n) is 15.6. The molecule has 1 N–H and O–H groups in total. The van der Waals surface area contributed by atoms with Crippen molar-refractivity contribution in [3.63, 3.8) is 0 Å². The largest absolute Gasteiger partial charge is 0.450 e. The quantitative estimate of drug-likeness (QED) is 0.119. The monoisotopic (exact) mass is 602 g/mol. The minimum absolute atomic E-state index is 0.00647. The van der Waals surface area contributed by atoms with Gasteiger partial charge < -0.3 is 14.2 Å². The van der Waals surface area contributed by atoms with Crippen molar-refractivity contribution in [1.29, 1.82) is 0 Å². The van der Waals surface area contributed by atoms with Crippen molar-refractivity contribution in [3.05, 3.63) is 39.5 Å². The number of esters is 3. The highest BCUT2D eigenvalue weighted by Crippen LogP contribution is 2.38. The Labute approximate surface area is 190 Å². The summed E-state index contributed by atoms with van der Waals surface area (Å²) >= 11 is 1.47. The Morgan fingerprint density at radius 1 is 1.19 bits per heavy atom. The maximum atomic E-state index is 13.5. The standard InChI is InChI=1S/C16H12F5IO9S/c1-7(2)12(24)29-6-11(23)30-10-4-3-8(5-9(10)22)13(25)31-14(15(17,18)19)16(20,21)32(26,27)28/h3-5,14H,1,6H2,2H3,(H,26,27,28). The molecule has 0 aromatic heterocycles. The Hall–Kier alpha value is -2.34. The lowest BCUT2D eigenvalue weighted by Gasteiger charge is -2.26. The van der Waals surface area contributed by atoms with Crippen LogP contribution in [0.15, 0.2) is 30.4 Å². The third-order valence-electron chi connectivity index (χ3n) is 3.23. The molecule has 0 aliphatic heterocycles. The molecule has 0 amide bonds. The molecule has 0 aliphatic carbocycles. The molecule has 0 saturated heterocycles. The van der Waals surface area contributed by atoms with Gasteiger partial charge in [0, 0.05) is 5.57 Å². The van der Waals surface area contributed by atoms with Crippen molar-refractivity contribution >= 4 is 50.6 Å². The number of hydrogen-bond acceptors (Lipinski definition) is 8. The van der Waals surface area contributed by atoms with E-state index in [0.29, 0.717) is 0 Å². The lowest BCUT2D eigenvalue weighted by molar-refractivity contribution is -0.248. The number of carbonyl (C=O) groups excluding carboxylic acids is 3. The zero-order valence-corrected chi connectivity index (χ0v) is 18.6. The molecule has 0 radical (unpaired) electrons. The second-order valence-electron chi connectivity index (χ2n) is 5.84. The Morgan fingerprint density at radius 2 is 1.75 bits per heavy atom. The maximum absolute atomic E-state index is 13.5. The molecule has 178 valence electrons. The van der Waals surface area contributed by atoms with E-state index >= 15 is 0 Å². The van der Waals surface area contributed by atoms with Crippen LogP contribution in [0.25, 0.3) is 0 Å². The van der Waals surface area contributed by atoms with Crippen LogP contribution >= 0.6 is 22.6 Å². The fourth-order valence-corrected chi connectivity index (χ4v) is 2.82. The van der Waals surface area contributed by atoms with E-state index in [1.165, 1.54) is 29.5 Å². The van der Waals surface area contributed by atoms with E-state index in [0.717, 1.165) is 18.2 Å². The summed E-state index contributed by atoms with van der Waals surface area (Å²) in [7, 11) is -6.59. The summed E-state index contributed by atoms with van der Waals surface area (Å²) in [4.78, 5) is 34.8. The van der Waals surface area contributed by atoms with Gasteiger partial charge in [-0.25, -0.2) is 14.4 Å². The smallest absolute Gasteiger partial charge is 0.432 e. The van der Waals surface area contributed by atoms with Crippen molar-refractivity contribution in [1.82, 2.24) is 0 Å². The maximum Gasteiger partial charge on any atom is 0.432 e. The molecule has 0 heterocycles. The lowest BCUT2D eigenvalue weighted by Crippen LogP contribution is -2.52. The van der Waals surface area contributed by atoms with E-state index < -0.39 is 57.7 Å². The van der Waals surface area contributed by atoms with Gasteiger partial charge in [0.15, 0.2) is 6.61 Å². The average molecular weight is 602 g/mol. The number of hydrogen-bond donors (Lipinski definition) is 1. The van der Waals surface area contributed by atoms with E-state index in [4.69, 9.17) is 9.29 Å². The first-order valence-corrected chi connectivity index (χ1v) is 10.3. The summed E-state index contributed by atoms with van der Waals surface area (Å²) in [6.45, 7) is 3.79. The van der Waals surface area contributed by atoms with Crippen LogP contribution in [0.4, 0.5) is 22.0 Å². The number of carbonyl (C=O) groups is 3. The van der Waals surface area contributed by atoms with Crippen LogP contribution in [0.2, 0.25) is 0 Å². The van der Waals surface area contributed by atoms with Gasteiger partial charge in [0.2, 0.25) is 0 Å². The molecule has 0 fully saturated rings. The highest BCUT2D eigenvalue weighted by Gasteiger charge is 2.66. The zero-order chi connectivity index (χ0) is 25.1. The molecule has 16 heteroatoms. The molecule has 0 spiro atoms. The fraction of sp³-hybridized carbons (Fsp3) is 0.312. The summed E-state index contributed by atoms with van der Waals surface area (Å²) in [5.41, 5.74) is -0.740. The third-order valence-corrected chi connectivity index (χ3v) is 4.98. The molecule has 0 aliphatic rings. The van der Waals surface area contributed by atoms with Crippen LogP contribution in [-0.4, -0.2) is 55.0 Å². The van der Waals surface area contributed by atoms with Gasteiger partial charge >= 0.3 is 39.5 Å². The molecular weight excluding hydrogens is 590 g/mol. The topological polar surface area (TPSA) is 133 Å². The molecule has 32 heavy (non-hydrogen) atoms. The molecule has 1 unspecified atom stereocenters. The highest BCUT2D eigenvalue weighted by atomic mass is 127. The Kier molecular flexibility index (Phi) is 8.72. The lowest BCUT2D eigenvalue weighted by atomic mass is 10.2. The number of ether oxygens (including phenoxy) is 3. The highest BCUT2D eigenvalue weighted by molar-refractivity contribution is 14.1. The van der Waals surface area contributed by atoms with Crippen LogP contribution in [0.5, 0.6) is 5.75 Å². The van der Waals surface area contributed by atoms with Crippen molar-refractivity contribution in [2.45, 2.75) is 24.5 Å². The van der Waals surface area contributed by atoms with Gasteiger partial charge in [0.1, 0.15) is 5.75 Å². The van der Waals surface area contributed by atoms with E-state index in [2.05, 4.69) is 16.1 Å². The summed E-state index contributed by atoms with van der Waals surface area (Å²) in [6, 6.07) is 2.40.